The lowest BCUT2D eigenvalue weighted by Gasteiger charge is -2.29. The second-order valence-electron chi connectivity index (χ2n) is 15.1. The molecule has 1 saturated heterocycles. The van der Waals surface area contributed by atoms with E-state index in [1.54, 1.807) is 0 Å². The summed E-state index contributed by atoms with van der Waals surface area (Å²) in [7, 11) is 0. The Bertz CT molecular complexity index is 1800. The highest BCUT2D eigenvalue weighted by atomic mass is 16.4. The maximum atomic E-state index is 13.8. The average Bonchev–Trinajstić information content (AvgIpc) is 3.72. The van der Waals surface area contributed by atoms with Gasteiger partial charge in [0.05, 0.1) is 18.7 Å². The zero-order chi connectivity index (χ0) is 47.4. The number of benzene rings is 1. The maximum absolute atomic E-state index is 13.8. The number of likely N-dealkylation sites (tertiary alicyclic amines) is 1. The number of carbonyl (C=O) groups excluding carboxylic acids is 7. The second-order valence-corrected chi connectivity index (χ2v) is 15.1. The Kier molecular flexibility index (Phi) is 21.9. The fourth-order valence-corrected chi connectivity index (χ4v) is 6.44. The van der Waals surface area contributed by atoms with E-state index in [1.165, 1.54) is 36.1 Å². The van der Waals surface area contributed by atoms with Crippen molar-refractivity contribution in [3.63, 3.8) is 0 Å². The molecule has 24 heteroatoms. The van der Waals surface area contributed by atoms with Crippen LogP contribution in [-0.4, -0.2) is 158 Å². The molecule has 8 atom stereocenters. The van der Waals surface area contributed by atoms with Crippen LogP contribution in [0.25, 0.3) is 0 Å². The smallest absolute Gasteiger partial charge is 0.328 e. The van der Waals surface area contributed by atoms with Crippen molar-refractivity contribution in [2.75, 3.05) is 19.6 Å². The fraction of sp³-hybridized carbons (Fsp3) is 0.590. The van der Waals surface area contributed by atoms with Gasteiger partial charge < -0.3 is 73.8 Å². The summed E-state index contributed by atoms with van der Waals surface area (Å²) in [6.45, 7) is 2.13. The molecule has 1 heterocycles. The minimum atomic E-state index is -1.77. The van der Waals surface area contributed by atoms with Crippen molar-refractivity contribution in [1.29, 1.82) is 0 Å². The van der Waals surface area contributed by atoms with Gasteiger partial charge in [0.1, 0.15) is 36.0 Å². The second kappa shape index (κ2) is 26.2. The number of amides is 7. The van der Waals surface area contributed by atoms with E-state index in [0.717, 1.165) is 6.92 Å². The lowest BCUT2D eigenvalue weighted by Crippen LogP contribution is -2.59. The fourth-order valence-electron chi connectivity index (χ4n) is 6.44. The number of nitrogens with one attached hydrogen (secondary N) is 6. The van der Waals surface area contributed by atoms with Crippen LogP contribution in [0.15, 0.2) is 24.3 Å². The first-order valence-electron chi connectivity index (χ1n) is 20.3. The number of aromatic hydroxyl groups is 1. The molecule has 0 aliphatic carbocycles. The van der Waals surface area contributed by atoms with Gasteiger partial charge in [0.25, 0.3) is 0 Å². The van der Waals surface area contributed by atoms with Crippen molar-refractivity contribution in [1.82, 2.24) is 36.8 Å². The zero-order valence-electron chi connectivity index (χ0n) is 35.0. The van der Waals surface area contributed by atoms with Crippen molar-refractivity contribution >= 4 is 59.3 Å². The van der Waals surface area contributed by atoms with Crippen molar-refractivity contribution < 1.29 is 73.5 Å². The van der Waals surface area contributed by atoms with Crippen LogP contribution in [-0.2, 0) is 54.4 Å². The lowest BCUT2D eigenvalue weighted by molar-refractivity contribution is -0.145. The molecule has 1 aliphatic rings. The van der Waals surface area contributed by atoms with Gasteiger partial charge >= 0.3 is 17.9 Å². The normalized spacial score (nSPS) is 16.7. The van der Waals surface area contributed by atoms with Crippen molar-refractivity contribution in [3.8, 4) is 5.75 Å². The van der Waals surface area contributed by atoms with Gasteiger partial charge in [-0.15, -0.1) is 0 Å². The van der Waals surface area contributed by atoms with Crippen LogP contribution in [0.1, 0.15) is 77.2 Å². The van der Waals surface area contributed by atoms with Crippen LogP contribution in [0.2, 0.25) is 0 Å². The number of carboxylic acid groups (broad SMARTS) is 3. The molecular formula is C39H59N9O15. The highest BCUT2D eigenvalue weighted by Crippen LogP contribution is 2.19. The molecular weight excluding hydrogens is 834 g/mol. The molecule has 1 fully saturated rings. The molecule has 1 aromatic rings. The molecule has 1 aromatic carbocycles. The number of phenols is 1. The Labute approximate surface area is 362 Å². The van der Waals surface area contributed by atoms with Crippen LogP contribution in [0, 0.1) is 0 Å². The van der Waals surface area contributed by atoms with E-state index >= 15 is 0 Å². The summed E-state index contributed by atoms with van der Waals surface area (Å²) in [5.74, 6) is -10.3. The number of hydrogen-bond donors (Lipinski definition) is 13. The number of aliphatic hydroxyl groups is 1. The number of nitrogens with two attached hydrogens (primary N) is 2. The number of carboxylic acids is 3. The zero-order valence-corrected chi connectivity index (χ0v) is 35.0. The van der Waals surface area contributed by atoms with Gasteiger partial charge in [-0.05, 0) is 76.6 Å². The number of hydrogen-bond acceptors (Lipinski definition) is 14. The van der Waals surface area contributed by atoms with Gasteiger partial charge in [-0.1, -0.05) is 18.6 Å². The molecule has 0 radical (unpaired) electrons. The van der Waals surface area contributed by atoms with Gasteiger partial charge in [-0.25, -0.2) is 4.79 Å². The molecule has 0 aromatic heterocycles. The summed E-state index contributed by atoms with van der Waals surface area (Å²) in [6, 6.07) is -4.00. The van der Waals surface area contributed by atoms with Gasteiger partial charge in [-0.2, -0.15) is 0 Å². The summed E-state index contributed by atoms with van der Waals surface area (Å²) in [6.07, 6.45) is -1.83. The minimum Gasteiger partial charge on any atom is -0.508 e. The van der Waals surface area contributed by atoms with Gasteiger partial charge in [0.2, 0.25) is 41.4 Å². The molecule has 24 nitrogen and oxygen atoms in total. The third-order valence-electron chi connectivity index (χ3n) is 9.93. The number of carbonyl (C=O) groups is 10. The predicted molar refractivity (Wildman–Crippen MR) is 219 cm³/mol. The Balaban J connectivity index is 2.18. The number of unbranched alkanes of at least 4 members (excludes halogenated alkanes) is 1. The van der Waals surface area contributed by atoms with Crippen LogP contribution < -0.4 is 43.4 Å². The highest BCUT2D eigenvalue weighted by Gasteiger charge is 2.38. The number of aliphatic carboxylic acids is 3. The summed E-state index contributed by atoms with van der Waals surface area (Å²) in [5, 5.41) is 61.3. The third-order valence-corrected chi connectivity index (χ3v) is 9.93. The Morgan fingerprint density at radius 1 is 0.746 bits per heavy atom. The SMILES string of the molecule is C[C@H](NC(=O)[C@H](Cc1ccc(O)cc1)NC(=O)[C@H](CCC(=O)O)NC(=O)[C@@H](N)CCCCN)C(=O)N1CCC[C@H]1C(=O)NCC(=O)N[C@@H](CCC(=O)O)C(=O)N[C@H](C(=O)O)[C@@H](C)O. The number of rotatable bonds is 27. The maximum Gasteiger partial charge on any atom is 0.328 e. The van der Waals surface area contributed by atoms with Crippen molar-refractivity contribution in [2.24, 2.45) is 11.5 Å². The molecule has 0 bridgehead atoms. The molecule has 2 rings (SSSR count). The molecule has 350 valence electrons. The van der Waals surface area contributed by atoms with E-state index in [4.69, 9.17) is 16.6 Å². The van der Waals surface area contributed by atoms with E-state index in [1.807, 2.05) is 5.32 Å². The Hall–Kier alpha value is -6.40. The summed E-state index contributed by atoms with van der Waals surface area (Å²) in [4.78, 5) is 128. The lowest BCUT2D eigenvalue weighted by atomic mass is 10.0. The first-order chi connectivity index (χ1) is 29.6. The van der Waals surface area contributed by atoms with E-state index < -0.39 is 133 Å². The standard InChI is InChI=1S/C39H59N9O15/c1-20(38(61)48-17-5-7-28(48)37(60)42-19-29(51)44-25(12-14-30(52)53)35(58)47-32(21(2)49)39(62)63)43-36(59)27(18-22-8-10-23(50)11-9-22)46-34(57)26(13-15-31(54)55)45-33(56)24(41)6-3-4-16-40/h8-11,20-21,24-28,32,49-50H,3-7,12-19,40-41H2,1-2H3,(H,42,60)(H,43,59)(H,44,51)(H,45,56)(H,46,57)(H,47,58)(H,52,53)(H,54,55)(H,62,63)/t20-,21+,24-,25-,26-,27-,28-,32-/m0/s1. The van der Waals surface area contributed by atoms with E-state index in [9.17, 15) is 68.4 Å². The number of phenolic OH excluding ortho intramolecular Hbond substituents is 1. The van der Waals surface area contributed by atoms with E-state index in [2.05, 4.69) is 26.6 Å². The van der Waals surface area contributed by atoms with Crippen LogP contribution >= 0.6 is 0 Å². The molecule has 0 unspecified atom stereocenters. The largest absolute Gasteiger partial charge is 0.508 e. The monoisotopic (exact) mass is 893 g/mol. The molecule has 1 aliphatic heterocycles. The Morgan fingerprint density at radius 2 is 1.30 bits per heavy atom. The molecule has 0 spiro atoms. The first-order valence-corrected chi connectivity index (χ1v) is 20.3. The van der Waals surface area contributed by atoms with Crippen molar-refractivity contribution in [2.45, 2.75) is 126 Å². The first kappa shape index (κ1) is 52.7. The predicted octanol–water partition coefficient (Wildman–Crippen LogP) is -3.86. The summed E-state index contributed by atoms with van der Waals surface area (Å²) in [5.41, 5.74) is 11.9. The van der Waals surface area contributed by atoms with Gasteiger partial charge in [-0.3, -0.25) is 43.2 Å². The average molecular weight is 894 g/mol. The molecule has 7 amide bonds. The van der Waals surface area contributed by atoms with E-state index in [0.29, 0.717) is 31.4 Å². The Morgan fingerprint density at radius 3 is 1.86 bits per heavy atom. The third kappa shape index (κ3) is 18.2. The van der Waals surface area contributed by atoms with Crippen LogP contribution in [0.3, 0.4) is 0 Å². The number of aliphatic hydroxyl groups excluding tert-OH is 1. The summed E-state index contributed by atoms with van der Waals surface area (Å²) < 4.78 is 0. The molecule has 0 saturated carbocycles. The van der Waals surface area contributed by atoms with Crippen LogP contribution in [0.5, 0.6) is 5.75 Å². The highest BCUT2D eigenvalue weighted by molar-refractivity contribution is 5.97. The number of nitrogens with zero attached hydrogens (tertiary/aromatic N) is 1. The van der Waals surface area contributed by atoms with Gasteiger partial charge in [0.15, 0.2) is 6.04 Å². The van der Waals surface area contributed by atoms with Crippen LogP contribution in [0.4, 0.5) is 0 Å². The minimum absolute atomic E-state index is 0.0712. The topological polar surface area (TPSA) is 399 Å². The van der Waals surface area contributed by atoms with E-state index in [-0.39, 0.29) is 38.0 Å². The quantitative estimate of drug-likeness (QED) is 0.0376. The molecule has 15 N–H and O–H groups in total. The van der Waals surface area contributed by atoms with Gasteiger partial charge in [0, 0.05) is 25.8 Å². The molecule has 63 heavy (non-hydrogen) atoms. The summed E-state index contributed by atoms with van der Waals surface area (Å²) >= 11 is 0. The van der Waals surface area contributed by atoms with Crippen molar-refractivity contribution in [3.05, 3.63) is 29.8 Å².